The van der Waals surface area contributed by atoms with Crippen LogP contribution in [0.25, 0.3) is 10.9 Å². The molecule has 0 bridgehead atoms. The van der Waals surface area contributed by atoms with Crippen molar-refractivity contribution in [1.29, 1.82) is 0 Å². The van der Waals surface area contributed by atoms with E-state index in [9.17, 15) is 9.90 Å². The fourth-order valence-electron chi connectivity index (χ4n) is 5.87. The highest BCUT2D eigenvalue weighted by molar-refractivity contribution is 6.10. The minimum atomic E-state index is -1.19. The van der Waals surface area contributed by atoms with Crippen molar-refractivity contribution in [3.63, 3.8) is 0 Å². The summed E-state index contributed by atoms with van der Waals surface area (Å²) in [5.74, 6) is 0.447. The first-order chi connectivity index (χ1) is 16.7. The number of aliphatic hydroxyl groups excluding tert-OH is 1. The first-order valence-corrected chi connectivity index (χ1v) is 12.6. The first-order valence-electron chi connectivity index (χ1n) is 12.6. The highest BCUT2D eigenvalue weighted by Crippen LogP contribution is 2.36. The molecule has 0 amide bonds. The summed E-state index contributed by atoms with van der Waals surface area (Å²) in [6, 6.07) is 15.6. The van der Waals surface area contributed by atoms with E-state index in [1.54, 1.807) is 13.3 Å². The number of methoxy groups -OCH3 is 1. The number of aromatic amines is 1. The maximum Gasteiger partial charge on any atom is 0.195 e. The maximum atomic E-state index is 13.6. The van der Waals surface area contributed by atoms with E-state index in [-0.39, 0.29) is 5.78 Å². The number of likely N-dealkylation sites (tertiary alicyclic amines) is 2. The van der Waals surface area contributed by atoms with Crippen molar-refractivity contribution in [2.75, 3.05) is 33.3 Å². The van der Waals surface area contributed by atoms with E-state index >= 15 is 0 Å². The Kier molecular flexibility index (Phi) is 6.99. The largest absolute Gasteiger partial charge is 0.496 e. The molecule has 0 unspecified atom stereocenters. The third-order valence-electron chi connectivity index (χ3n) is 7.68. The molecule has 2 N–H and O–H groups in total. The van der Waals surface area contributed by atoms with E-state index in [1.165, 1.54) is 32.4 Å². The lowest BCUT2D eigenvalue weighted by Gasteiger charge is -2.43. The van der Waals surface area contributed by atoms with Crippen LogP contribution in [-0.4, -0.2) is 71.1 Å². The van der Waals surface area contributed by atoms with Crippen LogP contribution in [0.3, 0.4) is 0 Å². The standard InChI is InChI=1S/C28H35N3O3/c1-34-25-12-6-4-10-22(25)26(31-17-13-20(14-18-31)30-15-7-2-8-16-30)28(33)27(32)23-19-29-24-11-5-3-9-21(23)24/h3-6,9-12,19-20,26,28-29,33H,2,7-8,13-18H2,1H3/t26-,28-/m1/s1. The van der Waals surface area contributed by atoms with Gasteiger partial charge >= 0.3 is 0 Å². The van der Waals surface area contributed by atoms with Crippen molar-refractivity contribution >= 4 is 16.7 Å². The third-order valence-corrected chi connectivity index (χ3v) is 7.68. The summed E-state index contributed by atoms with van der Waals surface area (Å²) in [6.07, 6.45) is 6.57. The van der Waals surface area contributed by atoms with Gasteiger partial charge in [0.15, 0.2) is 5.78 Å². The van der Waals surface area contributed by atoms with E-state index in [0.717, 1.165) is 42.4 Å². The fraction of sp³-hybridized carbons (Fsp3) is 0.464. The molecular weight excluding hydrogens is 426 g/mol. The number of rotatable bonds is 7. The quantitative estimate of drug-likeness (QED) is 0.510. The molecule has 1 aromatic heterocycles. The van der Waals surface area contributed by atoms with Crippen molar-refractivity contribution in [2.24, 2.45) is 0 Å². The molecule has 180 valence electrons. The Labute approximate surface area is 201 Å². The Balaban J connectivity index is 1.42. The predicted octanol–water partition coefficient (Wildman–Crippen LogP) is 4.41. The molecule has 6 heteroatoms. The van der Waals surface area contributed by atoms with Gasteiger partial charge in [0.1, 0.15) is 11.9 Å². The van der Waals surface area contributed by atoms with Crippen molar-refractivity contribution < 1.29 is 14.6 Å². The van der Waals surface area contributed by atoms with Gasteiger partial charge in [0.2, 0.25) is 0 Å². The zero-order chi connectivity index (χ0) is 23.5. The molecule has 5 rings (SSSR count). The number of aliphatic hydroxyl groups is 1. The first kappa shape index (κ1) is 23.1. The SMILES string of the molecule is COc1ccccc1[C@H]([C@@H](O)C(=O)c1c[nH]c2ccccc12)N1CCC(N2CCCCC2)CC1. The van der Waals surface area contributed by atoms with Gasteiger partial charge in [-0.3, -0.25) is 9.69 Å². The smallest absolute Gasteiger partial charge is 0.195 e. The number of Topliss-reactive ketones (excluding diaryl/α,β-unsaturated/α-hetero) is 1. The van der Waals surface area contributed by atoms with Crippen LogP contribution in [0.2, 0.25) is 0 Å². The van der Waals surface area contributed by atoms with Gasteiger partial charge in [-0.05, 0) is 50.9 Å². The molecular formula is C28H35N3O3. The van der Waals surface area contributed by atoms with Crippen molar-refractivity contribution in [1.82, 2.24) is 14.8 Å². The van der Waals surface area contributed by atoms with Crippen molar-refractivity contribution in [3.8, 4) is 5.75 Å². The van der Waals surface area contributed by atoms with Gasteiger partial charge in [-0.25, -0.2) is 0 Å². The molecule has 0 aliphatic carbocycles. The van der Waals surface area contributed by atoms with Gasteiger partial charge in [-0.1, -0.05) is 42.8 Å². The summed E-state index contributed by atoms with van der Waals surface area (Å²) in [7, 11) is 1.65. The molecule has 3 heterocycles. The van der Waals surface area contributed by atoms with E-state index in [4.69, 9.17) is 4.74 Å². The minimum Gasteiger partial charge on any atom is -0.496 e. The molecule has 2 saturated heterocycles. The number of ketones is 1. The molecule has 2 aromatic carbocycles. The summed E-state index contributed by atoms with van der Waals surface area (Å²) in [4.78, 5) is 21.7. The number of carbonyl (C=O) groups is 1. The van der Waals surface area contributed by atoms with Crippen LogP contribution in [0.4, 0.5) is 0 Å². The number of nitrogens with zero attached hydrogens (tertiary/aromatic N) is 2. The highest BCUT2D eigenvalue weighted by atomic mass is 16.5. The number of hydrogen-bond acceptors (Lipinski definition) is 5. The van der Waals surface area contributed by atoms with Crippen LogP contribution in [0.5, 0.6) is 5.75 Å². The number of benzene rings is 2. The Morgan fingerprint density at radius 3 is 2.47 bits per heavy atom. The Bertz CT molecular complexity index is 1110. The molecule has 2 aliphatic heterocycles. The van der Waals surface area contributed by atoms with Crippen molar-refractivity contribution in [3.05, 3.63) is 65.9 Å². The molecule has 2 fully saturated rings. The summed E-state index contributed by atoms with van der Waals surface area (Å²) in [5, 5.41) is 12.4. The van der Waals surface area contributed by atoms with E-state index < -0.39 is 12.1 Å². The molecule has 0 spiro atoms. The molecule has 34 heavy (non-hydrogen) atoms. The van der Waals surface area contributed by atoms with E-state index in [0.29, 0.717) is 17.4 Å². The molecule has 0 radical (unpaired) electrons. The second-order valence-corrected chi connectivity index (χ2v) is 9.61. The summed E-state index contributed by atoms with van der Waals surface area (Å²) in [5.41, 5.74) is 2.29. The second-order valence-electron chi connectivity index (χ2n) is 9.61. The number of aromatic nitrogens is 1. The monoisotopic (exact) mass is 461 g/mol. The van der Waals surface area contributed by atoms with Crippen LogP contribution in [-0.2, 0) is 0 Å². The van der Waals surface area contributed by atoms with Gasteiger partial charge in [-0.15, -0.1) is 0 Å². The Morgan fingerprint density at radius 1 is 1.00 bits per heavy atom. The zero-order valence-corrected chi connectivity index (χ0v) is 20.0. The maximum absolute atomic E-state index is 13.6. The number of fused-ring (bicyclic) bond motifs is 1. The number of nitrogens with one attached hydrogen (secondary N) is 1. The van der Waals surface area contributed by atoms with Gasteiger partial charge in [-0.2, -0.15) is 0 Å². The molecule has 2 atom stereocenters. The summed E-state index contributed by atoms with van der Waals surface area (Å²) < 4.78 is 5.66. The number of para-hydroxylation sites is 2. The molecule has 3 aromatic rings. The van der Waals surface area contributed by atoms with Gasteiger partial charge in [0.25, 0.3) is 0 Å². The minimum absolute atomic E-state index is 0.258. The average molecular weight is 462 g/mol. The average Bonchev–Trinajstić information content (AvgIpc) is 3.34. The van der Waals surface area contributed by atoms with Crippen LogP contribution < -0.4 is 4.74 Å². The molecule has 6 nitrogen and oxygen atoms in total. The van der Waals surface area contributed by atoms with Crippen LogP contribution in [0.1, 0.15) is 54.1 Å². The van der Waals surface area contributed by atoms with Crippen LogP contribution in [0, 0.1) is 0 Å². The van der Waals surface area contributed by atoms with Gasteiger partial charge < -0.3 is 19.7 Å². The van der Waals surface area contributed by atoms with Crippen LogP contribution >= 0.6 is 0 Å². The molecule has 2 aliphatic rings. The molecule has 0 saturated carbocycles. The summed E-state index contributed by atoms with van der Waals surface area (Å²) in [6.45, 7) is 4.09. The Hall–Kier alpha value is -2.67. The number of piperidine rings is 2. The third kappa shape index (κ3) is 4.50. The lowest BCUT2D eigenvalue weighted by atomic mass is 9.90. The van der Waals surface area contributed by atoms with E-state index in [2.05, 4.69) is 14.8 Å². The predicted molar refractivity (Wildman–Crippen MR) is 134 cm³/mol. The van der Waals surface area contributed by atoms with Gasteiger partial charge in [0, 0.05) is 47.4 Å². The Morgan fingerprint density at radius 2 is 1.71 bits per heavy atom. The van der Waals surface area contributed by atoms with E-state index in [1.807, 2.05) is 48.5 Å². The fourth-order valence-corrected chi connectivity index (χ4v) is 5.87. The summed E-state index contributed by atoms with van der Waals surface area (Å²) >= 11 is 0. The lowest BCUT2D eigenvalue weighted by molar-refractivity contribution is 0.0154. The lowest BCUT2D eigenvalue weighted by Crippen LogP contribution is -2.50. The van der Waals surface area contributed by atoms with Crippen molar-refractivity contribution in [2.45, 2.75) is 50.3 Å². The highest BCUT2D eigenvalue weighted by Gasteiger charge is 2.38. The number of carbonyl (C=O) groups excluding carboxylic acids is 1. The van der Waals surface area contributed by atoms with Crippen LogP contribution in [0.15, 0.2) is 54.7 Å². The number of ether oxygens (including phenoxy) is 1. The normalized spacial score (nSPS) is 20.3. The topological polar surface area (TPSA) is 68.8 Å². The second kappa shape index (κ2) is 10.3. The number of H-pyrrole nitrogens is 1. The number of hydrogen-bond donors (Lipinski definition) is 2. The van der Waals surface area contributed by atoms with Gasteiger partial charge in [0.05, 0.1) is 13.2 Å². The zero-order valence-electron chi connectivity index (χ0n) is 20.0.